The summed E-state index contributed by atoms with van der Waals surface area (Å²) in [6.45, 7) is 0.0616. The summed E-state index contributed by atoms with van der Waals surface area (Å²) in [7, 11) is 0. The molecule has 3 N–H and O–H groups in total. The molecule has 0 radical (unpaired) electrons. The van der Waals surface area contributed by atoms with E-state index in [1.165, 1.54) is 0 Å². The molecule has 0 saturated heterocycles. The summed E-state index contributed by atoms with van der Waals surface area (Å²) in [6.07, 6.45) is 0.746. The summed E-state index contributed by atoms with van der Waals surface area (Å²) in [5, 5.41) is 28.0. The Labute approximate surface area is 137 Å². The molecule has 0 fully saturated rings. The average molecular weight is 329 g/mol. The van der Waals surface area contributed by atoms with E-state index >= 15 is 0 Å². The Kier molecular flexibility index (Phi) is 3.99. The maximum atomic E-state index is 12.2. The molecule has 124 valence electrons. The number of amides is 1. The number of nitrogens with zero attached hydrogens (tertiary/aromatic N) is 1. The minimum absolute atomic E-state index is 0.169. The first-order chi connectivity index (χ1) is 11.5. The number of aromatic hydroxyl groups is 3. The van der Waals surface area contributed by atoms with Crippen LogP contribution in [0.3, 0.4) is 0 Å². The van der Waals surface area contributed by atoms with Gasteiger partial charge in [-0.15, -0.1) is 0 Å². The molecule has 0 bridgehead atoms. The molecule has 2 aromatic rings. The van der Waals surface area contributed by atoms with Gasteiger partial charge in [0.25, 0.3) is 5.91 Å². The molecule has 7 nitrogen and oxygen atoms in total. The van der Waals surface area contributed by atoms with Crippen molar-refractivity contribution in [3.63, 3.8) is 0 Å². The van der Waals surface area contributed by atoms with Gasteiger partial charge < -0.3 is 25.0 Å². The van der Waals surface area contributed by atoms with Crippen LogP contribution in [-0.4, -0.2) is 40.3 Å². The first-order valence-corrected chi connectivity index (χ1v) is 7.27. The van der Waals surface area contributed by atoms with Gasteiger partial charge in [-0.3, -0.25) is 4.79 Å². The SMILES string of the molecule is O=C(OCC(=O)N1CCc2ccccc21)c1cc(O)c(O)c(O)c1. The van der Waals surface area contributed by atoms with Gasteiger partial charge in [-0.25, -0.2) is 4.79 Å². The van der Waals surface area contributed by atoms with Gasteiger partial charge in [0.1, 0.15) is 0 Å². The number of phenolic OH excluding ortho intramolecular Hbond substituents is 3. The largest absolute Gasteiger partial charge is 0.504 e. The predicted octanol–water partition coefficient (Wildman–Crippen LogP) is 1.55. The van der Waals surface area contributed by atoms with Gasteiger partial charge in [-0.05, 0) is 30.2 Å². The van der Waals surface area contributed by atoms with E-state index in [4.69, 9.17) is 4.74 Å². The number of rotatable bonds is 3. The van der Waals surface area contributed by atoms with Crippen molar-refractivity contribution in [1.82, 2.24) is 0 Å². The quantitative estimate of drug-likeness (QED) is 0.582. The molecular formula is C17H15NO6. The Morgan fingerprint density at radius 3 is 2.46 bits per heavy atom. The number of benzene rings is 2. The molecule has 1 amide bonds. The first kappa shape index (κ1) is 15.7. The molecule has 0 aliphatic carbocycles. The zero-order valence-electron chi connectivity index (χ0n) is 12.6. The van der Waals surface area contributed by atoms with Crippen molar-refractivity contribution in [2.75, 3.05) is 18.1 Å². The molecule has 0 aromatic heterocycles. The lowest BCUT2D eigenvalue weighted by Gasteiger charge is -2.17. The van der Waals surface area contributed by atoms with Crippen LogP contribution in [0.2, 0.25) is 0 Å². The van der Waals surface area contributed by atoms with Gasteiger partial charge in [0, 0.05) is 12.2 Å². The predicted molar refractivity (Wildman–Crippen MR) is 84.2 cm³/mol. The van der Waals surface area contributed by atoms with E-state index in [-0.39, 0.29) is 11.5 Å². The molecule has 1 aliphatic rings. The Morgan fingerprint density at radius 1 is 1.08 bits per heavy atom. The second-order valence-corrected chi connectivity index (χ2v) is 5.36. The minimum Gasteiger partial charge on any atom is -0.504 e. The number of esters is 1. The van der Waals surface area contributed by atoms with Crippen LogP contribution >= 0.6 is 0 Å². The van der Waals surface area contributed by atoms with Crippen LogP contribution in [0.25, 0.3) is 0 Å². The summed E-state index contributed by atoms with van der Waals surface area (Å²) >= 11 is 0. The summed E-state index contributed by atoms with van der Waals surface area (Å²) in [6, 6.07) is 9.41. The summed E-state index contributed by atoms with van der Waals surface area (Å²) in [5.41, 5.74) is 1.70. The van der Waals surface area contributed by atoms with Crippen LogP contribution in [0.1, 0.15) is 15.9 Å². The van der Waals surface area contributed by atoms with Crippen molar-refractivity contribution in [3.05, 3.63) is 47.5 Å². The number of ether oxygens (including phenoxy) is 1. The molecule has 7 heteroatoms. The fourth-order valence-corrected chi connectivity index (χ4v) is 2.61. The van der Waals surface area contributed by atoms with Crippen LogP contribution in [-0.2, 0) is 16.0 Å². The van der Waals surface area contributed by atoms with Crippen molar-refractivity contribution in [2.45, 2.75) is 6.42 Å². The molecule has 0 unspecified atom stereocenters. The van der Waals surface area contributed by atoms with Crippen LogP contribution in [0, 0.1) is 0 Å². The molecule has 0 atom stereocenters. The van der Waals surface area contributed by atoms with Crippen LogP contribution in [0.5, 0.6) is 17.2 Å². The van der Waals surface area contributed by atoms with Crippen molar-refractivity contribution in [3.8, 4) is 17.2 Å². The standard InChI is InChI=1S/C17H15NO6/c19-13-7-11(8-14(20)16(13)22)17(23)24-9-15(21)18-6-5-10-3-1-2-4-12(10)18/h1-4,7-8,19-20,22H,5-6,9H2. The van der Waals surface area contributed by atoms with Crippen LogP contribution in [0.4, 0.5) is 5.69 Å². The minimum atomic E-state index is -0.888. The van der Waals surface area contributed by atoms with Crippen molar-refractivity contribution in [1.29, 1.82) is 0 Å². The highest BCUT2D eigenvalue weighted by atomic mass is 16.5. The monoisotopic (exact) mass is 329 g/mol. The fourth-order valence-electron chi connectivity index (χ4n) is 2.61. The highest BCUT2D eigenvalue weighted by Crippen LogP contribution is 2.35. The molecular weight excluding hydrogens is 314 g/mol. The molecule has 24 heavy (non-hydrogen) atoms. The van der Waals surface area contributed by atoms with Crippen molar-refractivity contribution < 1.29 is 29.6 Å². The molecule has 0 saturated carbocycles. The number of carbonyl (C=O) groups excluding carboxylic acids is 2. The third kappa shape index (κ3) is 2.83. The molecule has 1 aliphatic heterocycles. The van der Waals surface area contributed by atoms with Gasteiger partial charge in [0.2, 0.25) is 0 Å². The average Bonchev–Trinajstić information content (AvgIpc) is 3.01. The van der Waals surface area contributed by atoms with E-state index in [2.05, 4.69) is 0 Å². The molecule has 0 spiro atoms. The number of anilines is 1. The molecule has 3 rings (SSSR count). The van der Waals surface area contributed by atoms with E-state index in [0.29, 0.717) is 6.54 Å². The number of phenols is 3. The maximum absolute atomic E-state index is 12.2. The van der Waals surface area contributed by atoms with E-state index in [0.717, 1.165) is 29.8 Å². The first-order valence-electron chi connectivity index (χ1n) is 7.27. The summed E-state index contributed by atoms with van der Waals surface area (Å²) < 4.78 is 4.93. The topological polar surface area (TPSA) is 107 Å². The summed E-state index contributed by atoms with van der Waals surface area (Å²) in [5.74, 6) is -3.28. The van der Waals surface area contributed by atoms with Gasteiger partial charge in [0.15, 0.2) is 23.9 Å². The van der Waals surface area contributed by atoms with Gasteiger partial charge in [-0.1, -0.05) is 18.2 Å². The third-order valence-electron chi connectivity index (χ3n) is 3.82. The van der Waals surface area contributed by atoms with Gasteiger partial charge >= 0.3 is 5.97 Å². The smallest absolute Gasteiger partial charge is 0.338 e. The normalized spacial score (nSPS) is 12.8. The van der Waals surface area contributed by atoms with Crippen molar-refractivity contribution in [2.24, 2.45) is 0 Å². The Balaban J connectivity index is 1.66. The summed E-state index contributed by atoms with van der Waals surface area (Å²) in [4.78, 5) is 25.7. The maximum Gasteiger partial charge on any atom is 0.338 e. The molecule has 1 heterocycles. The highest BCUT2D eigenvalue weighted by Gasteiger charge is 2.25. The zero-order valence-corrected chi connectivity index (χ0v) is 12.6. The number of hydrogen-bond acceptors (Lipinski definition) is 6. The number of carbonyl (C=O) groups is 2. The number of hydrogen-bond donors (Lipinski definition) is 3. The lowest BCUT2D eigenvalue weighted by Crippen LogP contribution is -2.33. The van der Waals surface area contributed by atoms with Gasteiger partial charge in [0.05, 0.1) is 5.56 Å². The van der Waals surface area contributed by atoms with Crippen molar-refractivity contribution >= 4 is 17.6 Å². The third-order valence-corrected chi connectivity index (χ3v) is 3.82. The second-order valence-electron chi connectivity index (χ2n) is 5.36. The fraction of sp³-hybridized carbons (Fsp3) is 0.176. The number of fused-ring (bicyclic) bond motifs is 1. The zero-order chi connectivity index (χ0) is 17.3. The van der Waals surface area contributed by atoms with E-state index in [1.54, 1.807) is 4.90 Å². The Bertz CT molecular complexity index is 793. The Hall–Kier alpha value is -3.22. The van der Waals surface area contributed by atoms with E-state index < -0.39 is 29.8 Å². The number of para-hydroxylation sites is 1. The lowest BCUT2D eigenvalue weighted by atomic mass is 10.2. The second kappa shape index (κ2) is 6.11. The van der Waals surface area contributed by atoms with Crippen LogP contribution in [0.15, 0.2) is 36.4 Å². The van der Waals surface area contributed by atoms with E-state index in [1.807, 2.05) is 24.3 Å². The van der Waals surface area contributed by atoms with Crippen LogP contribution < -0.4 is 4.90 Å². The highest BCUT2D eigenvalue weighted by molar-refractivity contribution is 5.98. The molecule has 2 aromatic carbocycles. The lowest BCUT2D eigenvalue weighted by molar-refractivity contribution is -0.121. The Morgan fingerprint density at radius 2 is 1.75 bits per heavy atom. The van der Waals surface area contributed by atoms with E-state index in [9.17, 15) is 24.9 Å². The van der Waals surface area contributed by atoms with Gasteiger partial charge in [-0.2, -0.15) is 0 Å².